The van der Waals surface area contributed by atoms with Gasteiger partial charge in [-0.1, -0.05) is 128 Å². The molecular formula is C24H44P2Pd. The van der Waals surface area contributed by atoms with Gasteiger partial charge in [0.2, 0.25) is 0 Å². The molecule has 0 unspecified atom stereocenters. The van der Waals surface area contributed by atoms with E-state index in [9.17, 15) is 0 Å². The Morgan fingerprint density at radius 1 is 0.296 bits per heavy atom. The SMILES string of the molecule is C1CCC([P-]C2CCCCC2)CC1.C1CCC([P-]C2CCCCC2)CC1.[Pd+2]. The predicted molar refractivity (Wildman–Crippen MR) is 121 cm³/mol. The Labute approximate surface area is 188 Å². The third kappa shape index (κ3) is 10.4. The van der Waals surface area contributed by atoms with Crippen molar-refractivity contribution < 1.29 is 20.4 Å². The first kappa shape index (κ1) is 24.8. The van der Waals surface area contributed by atoms with Crippen LogP contribution in [0, 0.1) is 0 Å². The van der Waals surface area contributed by atoms with Gasteiger partial charge in [-0.3, -0.25) is 0 Å². The maximum absolute atomic E-state index is 1.84. The van der Waals surface area contributed by atoms with Gasteiger partial charge in [-0.15, -0.1) is 0 Å². The summed E-state index contributed by atoms with van der Waals surface area (Å²) in [5.41, 5.74) is 4.38. The van der Waals surface area contributed by atoms with E-state index in [4.69, 9.17) is 0 Å². The summed E-state index contributed by atoms with van der Waals surface area (Å²) in [7, 11) is 3.67. The quantitative estimate of drug-likeness (QED) is 0.266. The molecule has 4 aliphatic rings. The molecule has 4 rings (SSSR count). The molecule has 27 heavy (non-hydrogen) atoms. The van der Waals surface area contributed by atoms with Crippen LogP contribution in [0.4, 0.5) is 0 Å². The maximum atomic E-state index is 1.84. The smallest absolute Gasteiger partial charge is 0.533 e. The Morgan fingerprint density at radius 2 is 0.481 bits per heavy atom. The fraction of sp³-hybridized carbons (Fsp3) is 1.00. The topological polar surface area (TPSA) is 0 Å². The van der Waals surface area contributed by atoms with Crippen LogP contribution in [0.1, 0.15) is 128 Å². The maximum Gasteiger partial charge on any atom is 2.00 e. The summed E-state index contributed by atoms with van der Waals surface area (Å²) >= 11 is 0. The van der Waals surface area contributed by atoms with Gasteiger partial charge < -0.3 is 17.2 Å². The molecular weight excluding hydrogens is 457 g/mol. The van der Waals surface area contributed by atoms with Crippen molar-refractivity contribution in [3.8, 4) is 0 Å². The largest absolute Gasteiger partial charge is 2.00 e. The summed E-state index contributed by atoms with van der Waals surface area (Å²) in [6.07, 6.45) is 30.5. The molecule has 0 atom stereocenters. The van der Waals surface area contributed by atoms with Crippen molar-refractivity contribution in [3.63, 3.8) is 0 Å². The second-order valence-corrected chi connectivity index (χ2v) is 13.0. The molecule has 4 fully saturated rings. The monoisotopic (exact) mass is 500 g/mol. The van der Waals surface area contributed by atoms with Crippen molar-refractivity contribution in [1.82, 2.24) is 0 Å². The van der Waals surface area contributed by atoms with Gasteiger partial charge in [0.1, 0.15) is 0 Å². The van der Waals surface area contributed by atoms with Gasteiger partial charge in [-0.2, -0.15) is 22.6 Å². The number of hydrogen-bond acceptors (Lipinski definition) is 0. The van der Waals surface area contributed by atoms with Crippen LogP contribution < -0.4 is 0 Å². The first-order valence-corrected chi connectivity index (χ1v) is 14.4. The molecule has 0 aromatic heterocycles. The molecule has 3 heteroatoms. The van der Waals surface area contributed by atoms with Gasteiger partial charge in [0.25, 0.3) is 0 Å². The van der Waals surface area contributed by atoms with Crippen molar-refractivity contribution in [2.24, 2.45) is 0 Å². The summed E-state index contributed by atoms with van der Waals surface area (Å²) in [6, 6.07) is 0. The molecule has 0 spiro atoms. The van der Waals surface area contributed by atoms with E-state index >= 15 is 0 Å². The first-order chi connectivity index (χ1) is 12.9. The average Bonchev–Trinajstić information content (AvgIpc) is 2.72. The zero-order valence-electron chi connectivity index (χ0n) is 17.7. The third-order valence-corrected chi connectivity index (χ3v) is 10.9. The van der Waals surface area contributed by atoms with Crippen LogP contribution in [0.3, 0.4) is 0 Å². The van der Waals surface area contributed by atoms with Gasteiger partial charge in [0.15, 0.2) is 0 Å². The molecule has 0 N–H and O–H groups in total. The standard InChI is InChI=1S/2C12H22P.Pd/c2*1-3-7-11(8-4-1)13-12-9-5-2-6-10-12;/h2*11-12H,1-10H2;/q2*-1;+2. The second-order valence-electron chi connectivity index (χ2n) is 9.47. The fourth-order valence-corrected chi connectivity index (χ4v) is 9.36. The van der Waals surface area contributed by atoms with Crippen molar-refractivity contribution in [2.75, 3.05) is 0 Å². The van der Waals surface area contributed by atoms with E-state index in [1.54, 1.807) is 0 Å². The van der Waals surface area contributed by atoms with Crippen LogP contribution in [0.5, 0.6) is 0 Å². The molecule has 4 saturated carbocycles. The number of hydrogen-bond donors (Lipinski definition) is 0. The van der Waals surface area contributed by atoms with E-state index in [1.165, 1.54) is 128 Å². The summed E-state index contributed by atoms with van der Waals surface area (Å²) < 4.78 is 0. The molecule has 0 bridgehead atoms. The molecule has 0 nitrogen and oxygen atoms in total. The molecule has 160 valence electrons. The Morgan fingerprint density at radius 3 is 0.667 bits per heavy atom. The molecule has 0 radical (unpaired) electrons. The zero-order chi connectivity index (χ0) is 17.9. The first-order valence-electron chi connectivity index (χ1n) is 12.3. The van der Waals surface area contributed by atoms with Gasteiger partial charge in [-0.05, 0) is 0 Å². The predicted octanol–water partition coefficient (Wildman–Crippen LogP) is 9.19. The van der Waals surface area contributed by atoms with Crippen molar-refractivity contribution in [1.29, 1.82) is 0 Å². The van der Waals surface area contributed by atoms with E-state index in [-0.39, 0.29) is 20.4 Å². The fourth-order valence-electron chi connectivity index (χ4n) is 5.52. The van der Waals surface area contributed by atoms with Crippen LogP contribution >= 0.6 is 17.2 Å². The second kappa shape index (κ2) is 15.3. The van der Waals surface area contributed by atoms with Gasteiger partial charge in [0, 0.05) is 0 Å². The third-order valence-electron chi connectivity index (χ3n) is 7.14. The molecule has 0 saturated heterocycles. The minimum absolute atomic E-state index is 0. The normalized spacial score (nSPS) is 26.7. The molecule has 0 heterocycles. The molecule has 0 aliphatic heterocycles. The van der Waals surface area contributed by atoms with Gasteiger partial charge >= 0.3 is 20.4 Å². The Balaban J connectivity index is 0.000000187. The summed E-state index contributed by atoms with van der Waals surface area (Å²) in [6.45, 7) is 0. The Bertz CT molecular complexity index is 272. The molecule has 0 aromatic carbocycles. The van der Waals surface area contributed by atoms with Crippen LogP contribution in [-0.2, 0) is 20.4 Å². The Kier molecular flexibility index (Phi) is 14.1. The van der Waals surface area contributed by atoms with Crippen LogP contribution in [-0.4, -0.2) is 22.6 Å². The van der Waals surface area contributed by atoms with E-state index in [2.05, 4.69) is 0 Å². The van der Waals surface area contributed by atoms with Crippen molar-refractivity contribution >= 4 is 17.2 Å². The van der Waals surface area contributed by atoms with Crippen LogP contribution in [0.25, 0.3) is 0 Å². The van der Waals surface area contributed by atoms with E-state index in [0.29, 0.717) is 0 Å². The van der Waals surface area contributed by atoms with Crippen molar-refractivity contribution in [2.45, 2.75) is 151 Å². The Hall–Kier alpha value is 1.52. The molecule has 4 aliphatic carbocycles. The minimum Gasteiger partial charge on any atom is -0.533 e. The average molecular weight is 501 g/mol. The minimum atomic E-state index is 0. The van der Waals surface area contributed by atoms with Crippen LogP contribution in [0.15, 0.2) is 0 Å². The van der Waals surface area contributed by atoms with Crippen LogP contribution in [0.2, 0.25) is 0 Å². The van der Waals surface area contributed by atoms with Gasteiger partial charge in [0.05, 0.1) is 0 Å². The number of rotatable bonds is 4. The zero-order valence-corrected chi connectivity index (χ0v) is 21.0. The molecule has 0 amide bonds. The summed E-state index contributed by atoms with van der Waals surface area (Å²) in [4.78, 5) is 0. The molecule has 0 aromatic rings. The van der Waals surface area contributed by atoms with E-state index in [0.717, 1.165) is 22.6 Å². The van der Waals surface area contributed by atoms with Gasteiger partial charge in [-0.25, -0.2) is 0 Å². The van der Waals surface area contributed by atoms with Crippen molar-refractivity contribution in [3.05, 3.63) is 0 Å². The summed E-state index contributed by atoms with van der Waals surface area (Å²) in [5.74, 6) is 0. The summed E-state index contributed by atoms with van der Waals surface area (Å²) in [5, 5.41) is 0. The van der Waals surface area contributed by atoms with E-state index in [1.807, 2.05) is 17.2 Å². The van der Waals surface area contributed by atoms with E-state index < -0.39 is 0 Å².